The fourth-order valence-corrected chi connectivity index (χ4v) is 2.44. The van der Waals surface area contributed by atoms with Crippen LogP contribution in [-0.4, -0.2) is 11.7 Å². The number of carbonyl (C=O) groups is 1. The molecule has 1 amide bonds. The molecule has 0 aliphatic carbocycles. The van der Waals surface area contributed by atoms with E-state index in [9.17, 15) is 4.79 Å². The SMILES string of the molecule is CC(=O)Nc1ccc(SC/C=C/c2ccccc2)cc1. The lowest BCUT2D eigenvalue weighted by Gasteiger charge is -2.03. The van der Waals surface area contributed by atoms with Crippen molar-refractivity contribution in [3.05, 3.63) is 66.2 Å². The van der Waals surface area contributed by atoms with Gasteiger partial charge in [0.25, 0.3) is 0 Å². The van der Waals surface area contributed by atoms with Gasteiger partial charge in [-0.3, -0.25) is 4.79 Å². The molecule has 0 fully saturated rings. The fraction of sp³-hybridized carbons (Fsp3) is 0.118. The second-order valence-electron chi connectivity index (χ2n) is 4.33. The minimum absolute atomic E-state index is 0.0452. The predicted molar refractivity (Wildman–Crippen MR) is 86.9 cm³/mol. The van der Waals surface area contributed by atoms with Crippen molar-refractivity contribution >= 4 is 29.4 Å². The molecule has 0 aliphatic rings. The van der Waals surface area contributed by atoms with Crippen LogP contribution in [-0.2, 0) is 4.79 Å². The fourth-order valence-electron chi connectivity index (χ4n) is 1.73. The first-order chi connectivity index (χ1) is 9.74. The summed E-state index contributed by atoms with van der Waals surface area (Å²) in [6, 6.07) is 18.1. The van der Waals surface area contributed by atoms with E-state index in [1.165, 1.54) is 17.4 Å². The molecule has 0 spiro atoms. The number of amides is 1. The number of rotatable bonds is 5. The molecule has 0 aliphatic heterocycles. The van der Waals surface area contributed by atoms with Crippen LogP contribution in [0.2, 0.25) is 0 Å². The van der Waals surface area contributed by atoms with Gasteiger partial charge >= 0.3 is 0 Å². The van der Waals surface area contributed by atoms with Crippen LogP contribution in [0.25, 0.3) is 6.08 Å². The van der Waals surface area contributed by atoms with Crippen LogP contribution < -0.4 is 5.32 Å². The van der Waals surface area contributed by atoms with Crippen molar-refractivity contribution in [2.24, 2.45) is 0 Å². The second kappa shape index (κ2) is 7.56. The van der Waals surface area contributed by atoms with Crippen molar-refractivity contribution in [2.45, 2.75) is 11.8 Å². The summed E-state index contributed by atoms with van der Waals surface area (Å²) in [7, 11) is 0. The third-order valence-electron chi connectivity index (χ3n) is 2.63. The van der Waals surface area contributed by atoms with Crippen LogP contribution in [0.5, 0.6) is 0 Å². The highest BCUT2D eigenvalue weighted by Crippen LogP contribution is 2.20. The Morgan fingerprint density at radius 3 is 2.45 bits per heavy atom. The van der Waals surface area contributed by atoms with Gasteiger partial charge < -0.3 is 5.32 Å². The van der Waals surface area contributed by atoms with Crippen LogP contribution >= 0.6 is 11.8 Å². The lowest BCUT2D eigenvalue weighted by Crippen LogP contribution is -2.05. The maximum Gasteiger partial charge on any atom is 0.221 e. The Balaban J connectivity index is 1.82. The van der Waals surface area contributed by atoms with Gasteiger partial charge in [-0.15, -0.1) is 11.8 Å². The normalized spacial score (nSPS) is 10.7. The number of carbonyl (C=O) groups excluding carboxylic acids is 1. The molecule has 1 N–H and O–H groups in total. The monoisotopic (exact) mass is 283 g/mol. The van der Waals surface area contributed by atoms with Gasteiger partial charge in [0.1, 0.15) is 0 Å². The molecule has 20 heavy (non-hydrogen) atoms. The van der Waals surface area contributed by atoms with Crippen LogP contribution in [0.4, 0.5) is 5.69 Å². The van der Waals surface area contributed by atoms with Crippen molar-refractivity contribution < 1.29 is 4.79 Å². The number of anilines is 1. The smallest absolute Gasteiger partial charge is 0.221 e. The molecule has 0 radical (unpaired) electrons. The maximum atomic E-state index is 10.9. The molecule has 2 rings (SSSR count). The van der Waals surface area contributed by atoms with Gasteiger partial charge in [-0.05, 0) is 29.8 Å². The van der Waals surface area contributed by atoms with Crippen LogP contribution in [0.1, 0.15) is 12.5 Å². The molecule has 2 aromatic rings. The third kappa shape index (κ3) is 4.94. The minimum Gasteiger partial charge on any atom is -0.326 e. The summed E-state index contributed by atoms with van der Waals surface area (Å²) in [6.07, 6.45) is 4.28. The average molecular weight is 283 g/mol. The van der Waals surface area contributed by atoms with Crippen LogP contribution in [0, 0.1) is 0 Å². The summed E-state index contributed by atoms with van der Waals surface area (Å²) < 4.78 is 0. The Morgan fingerprint density at radius 1 is 1.10 bits per heavy atom. The highest BCUT2D eigenvalue weighted by molar-refractivity contribution is 7.99. The van der Waals surface area contributed by atoms with E-state index in [1.54, 1.807) is 11.8 Å². The zero-order valence-corrected chi connectivity index (χ0v) is 12.2. The molecule has 0 bridgehead atoms. The van der Waals surface area contributed by atoms with Crippen molar-refractivity contribution in [2.75, 3.05) is 11.1 Å². The summed E-state index contributed by atoms with van der Waals surface area (Å²) in [6.45, 7) is 1.51. The highest BCUT2D eigenvalue weighted by atomic mass is 32.2. The lowest BCUT2D eigenvalue weighted by molar-refractivity contribution is -0.114. The minimum atomic E-state index is -0.0452. The summed E-state index contributed by atoms with van der Waals surface area (Å²) in [4.78, 5) is 12.1. The molecule has 102 valence electrons. The molecule has 0 atom stereocenters. The van der Waals surface area contributed by atoms with E-state index in [-0.39, 0.29) is 5.91 Å². The topological polar surface area (TPSA) is 29.1 Å². The van der Waals surface area contributed by atoms with Gasteiger partial charge in [-0.1, -0.05) is 42.5 Å². The Bertz CT molecular complexity index is 576. The molecule has 0 unspecified atom stereocenters. The number of hydrogen-bond acceptors (Lipinski definition) is 2. The van der Waals surface area contributed by atoms with Gasteiger partial charge in [0.05, 0.1) is 0 Å². The van der Waals surface area contributed by atoms with E-state index in [2.05, 4.69) is 29.6 Å². The molecule has 3 heteroatoms. The largest absolute Gasteiger partial charge is 0.326 e. The van der Waals surface area contributed by atoms with Gasteiger partial charge in [-0.2, -0.15) is 0 Å². The predicted octanol–water partition coefficient (Wildman–Crippen LogP) is 4.45. The van der Waals surface area contributed by atoms with Gasteiger partial charge in [0, 0.05) is 23.3 Å². The third-order valence-corrected chi connectivity index (χ3v) is 3.60. The molecule has 2 aromatic carbocycles. The first kappa shape index (κ1) is 14.4. The number of benzene rings is 2. The number of nitrogens with one attached hydrogen (secondary N) is 1. The Hall–Kier alpha value is -2.00. The summed E-state index contributed by atoms with van der Waals surface area (Å²) in [5.74, 6) is 0.880. The highest BCUT2D eigenvalue weighted by Gasteiger charge is 1.96. The summed E-state index contributed by atoms with van der Waals surface area (Å²) in [5.41, 5.74) is 2.05. The molecule has 0 saturated heterocycles. The van der Waals surface area contributed by atoms with Crippen LogP contribution in [0.15, 0.2) is 65.6 Å². The molecular weight excluding hydrogens is 266 g/mol. The van der Waals surface area contributed by atoms with E-state index in [1.807, 2.05) is 42.5 Å². The summed E-state index contributed by atoms with van der Waals surface area (Å²) >= 11 is 1.77. The van der Waals surface area contributed by atoms with Crippen molar-refractivity contribution in [1.29, 1.82) is 0 Å². The van der Waals surface area contributed by atoms with Crippen LogP contribution in [0.3, 0.4) is 0 Å². The Morgan fingerprint density at radius 2 is 1.80 bits per heavy atom. The van der Waals surface area contributed by atoms with Crippen molar-refractivity contribution in [3.8, 4) is 0 Å². The average Bonchev–Trinajstić information content (AvgIpc) is 2.46. The summed E-state index contributed by atoms with van der Waals surface area (Å²) in [5, 5.41) is 2.76. The zero-order valence-electron chi connectivity index (χ0n) is 11.4. The van der Waals surface area contributed by atoms with Crippen molar-refractivity contribution in [1.82, 2.24) is 0 Å². The molecule has 0 aromatic heterocycles. The molecule has 2 nitrogen and oxygen atoms in total. The lowest BCUT2D eigenvalue weighted by atomic mass is 10.2. The van der Waals surface area contributed by atoms with E-state index in [4.69, 9.17) is 0 Å². The zero-order chi connectivity index (χ0) is 14.2. The molecule has 0 heterocycles. The van der Waals surface area contributed by atoms with Gasteiger partial charge in [0.15, 0.2) is 0 Å². The standard InChI is InChI=1S/C17H17NOS/c1-14(19)18-16-9-11-17(12-10-16)20-13-5-8-15-6-3-2-4-7-15/h2-12H,13H2,1H3,(H,18,19)/b8-5+. The van der Waals surface area contributed by atoms with Crippen molar-refractivity contribution in [3.63, 3.8) is 0 Å². The molecular formula is C17H17NOS. The number of hydrogen-bond donors (Lipinski definition) is 1. The second-order valence-corrected chi connectivity index (χ2v) is 5.42. The Kier molecular flexibility index (Phi) is 5.44. The quantitative estimate of drug-likeness (QED) is 0.821. The first-order valence-corrected chi connectivity index (χ1v) is 7.44. The Labute approximate surface area is 123 Å². The number of thioether (sulfide) groups is 1. The maximum absolute atomic E-state index is 10.9. The van der Waals surface area contributed by atoms with Gasteiger partial charge in [-0.25, -0.2) is 0 Å². The first-order valence-electron chi connectivity index (χ1n) is 6.46. The van der Waals surface area contributed by atoms with E-state index in [0.29, 0.717) is 0 Å². The van der Waals surface area contributed by atoms with E-state index < -0.39 is 0 Å². The van der Waals surface area contributed by atoms with Gasteiger partial charge in [0.2, 0.25) is 5.91 Å². The molecule has 0 saturated carbocycles. The van der Waals surface area contributed by atoms with E-state index in [0.717, 1.165) is 11.4 Å². The van der Waals surface area contributed by atoms with E-state index >= 15 is 0 Å².